The van der Waals surface area contributed by atoms with E-state index in [0.29, 0.717) is 34.9 Å². The minimum atomic E-state index is -3.78. The molecule has 1 aromatic heterocycles. The van der Waals surface area contributed by atoms with Crippen LogP contribution in [0.1, 0.15) is 11.1 Å². The second kappa shape index (κ2) is 6.87. The summed E-state index contributed by atoms with van der Waals surface area (Å²) in [6.07, 6.45) is 2.03. The maximum absolute atomic E-state index is 13.5. The van der Waals surface area contributed by atoms with Crippen LogP contribution in [-0.2, 0) is 16.4 Å². The summed E-state index contributed by atoms with van der Waals surface area (Å²) in [4.78, 5) is 0.234. The Balaban J connectivity index is 1.94. The van der Waals surface area contributed by atoms with Crippen LogP contribution in [0.5, 0.6) is 11.5 Å². The zero-order chi connectivity index (χ0) is 19.9. The molecule has 3 aromatic rings. The van der Waals surface area contributed by atoms with Gasteiger partial charge in [-0.2, -0.15) is 0 Å². The summed E-state index contributed by atoms with van der Waals surface area (Å²) in [7, 11) is -0.729. The standard InChI is InChI=1S/C20H20N2O5S/c1-13-4-6-15(7-5-13)28(23,24)22-9-8-14-12-27-21-20(14)16-10-18(25-2)19(26-3)11-17(16)22/h4-7,10-12H,8-9H2,1-3H3. The van der Waals surface area contributed by atoms with Gasteiger partial charge in [0.2, 0.25) is 0 Å². The van der Waals surface area contributed by atoms with Crippen molar-refractivity contribution in [3.63, 3.8) is 0 Å². The second-order valence-electron chi connectivity index (χ2n) is 6.55. The number of methoxy groups -OCH3 is 2. The highest BCUT2D eigenvalue weighted by Gasteiger charge is 2.32. The maximum atomic E-state index is 13.5. The lowest BCUT2D eigenvalue weighted by Gasteiger charge is -2.25. The van der Waals surface area contributed by atoms with Crippen molar-refractivity contribution in [2.45, 2.75) is 18.2 Å². The summed E-state index contributed by atoms with van der Waals surface area (Å²) < 4.78 is 44.2. The molecule has 0 saturated carbocycles. The normalized spacial score (nSPS) is 13.5. The number of aromatic nitrogens is 1. The Morgan fingerprint density at radius 3 is 2.43 bits per heavy atom. The average Bonchev–Trinajstić information content (AvgIpc) is 3.10. The highest BCUT2D eigenvalue weighted by molar-refractivity contribution is 7.92. The van der Waals surface area contributed by atoms with Gasteiger partial charge in [0.05, 0.1) is 24.8 Å². The van der Waals surface area contributed by atoms with Crippen LogP contribution in [0.15, 0.2) is 52.1 Å². The third-order valence-corrected chi connectivity index (χ3v) is 6.69. The van der Waals surface area contributed by atoms with Crippen molar-refractivity contribution in [2.75, 3.05) is 25.1 Å². The van der Waals surface area contributed by atoms with Crippen LogP contribution in [0.25, 0.3) is 11.3 Å². The molecular weight excluding hydrogens is 380 g/mol. The Morgan fingerprint density at radius 2 is 1.75 bits per heavy atom. The van der Waals surface area contributed by atoms with Crippen molar-refractivity contribution in [3.05, 3.63) is 53.8 Å². The van der Waals surface area contributed by atoms with Crippen molar-refractivity contribution in [3.8, 4) is 22.8 Å². The van der Waals surface area contributed by atoms with E-state index in [0.717, 1.165) is 11.1 Å². The highest BCUT2D eigenvalue weighted by Crippen LogP contribution is 2.44. The molecule has 0 amide bonds. The molecule has 7 nitrogen and oxygen atoms in total. The summed E-state index contributed by atoms with van der Waals surface area (Å²) in [5, 5.41) is 4.10. The molecule has 0 aliphatic carbocycles. The number of rotatable bonds is 4. The zero-order valence-corrected chi connectivity index (χ0v) is 16.6. The fourth-order valence-electron chi connectivity index (χ4n) is 3.35. The number of benzene rings is 2. The summed E-state index contributed by atoms with van der Waals surface area (Å²) in [6.45, 7) is 2.17. The summed E-state index contributed by atoms with van der Waals surface area (Å²) in [5.74, 6) is 0.932. The molecule has 0 spiro atoms. The number of hydrogen-bond acceptors (Lipinski definition) is 6. The van der Waals surface area contributed by atoms with Gasteiger partial charge in [-0.25, -0.2) is 8.42 Å². The van der Waals surface area contributed by atoms with Crippen molar-refractivity contribution < 1.29 is 22.4 Å². The van der Waals surface area contributed by atoms with Gasteiger partial charge in [-0.3, -0.25) is 4.31 Å². The quantitative estimate of drug-likeness (QED) is 0.667. The molecule has 146 valence electrons. The van der Waals surface area contributed by atoms with Crippen LogP contribution in [0.2, 0.25) is 0 Å². The Kier molecular flexibility index (Phi) is 4.50. The average molecular weight is 400 g/mol. The number of hydrogen-bond donors (Lipinski definition) is 0. The summed E-state index contributed by atoms with van der Waals surface area (Å²) >= 11 is 0. The SMILES string of the molecule is COc1cc2c(cc1OC)N(S(=O)(=O)c1ccc(C)cc1)CCc1conc1-2. The molecule has 0 unspecified atom stereocenters. The molecule has 0 saturated heterocycles. The Labute approximate surface area is 163 Å². The Morgan fingerprint density at radius 1 is 1.07 bits per heavy atom. The largest absolute Gasteiger partial charge is 0.493 e. The first-order chi connectivity index (χ1) is 13.5. The number of ether oxygens (including phenoxy) is 2. The predicted octanol–water partition coefficient (Wildman–Crippen LogP) is 3.42. The van der Waals surface area contributed by atoms with Gasteiger partial charge < -0.3 is 14.0 Å². The molecule has 0 bridgehead atoms. The third kappa shape index (κ3) is 2.90. The molecule has 0 fully saturated rings. The van der Waals surface area contributed by atoms with E-state index in [1.165, 1.54) is 18.5 Å². The number of anilines is 1. The van der Waals surface area contributed by atoms with Crippen molar-refractivity contribution in [1.29, 1.82) is 0 Å². The molecule has 2 heterocycles. The van der Waals surface area contributed by atoms with Gasteiger partial charge in [0.15, 0.2) is 11.5 Å². The van der Waals surface area contributed by atoms with E-state index in [-0.39, 0.29) is 11.4 Å². The molecule has 2 aromatic carbocycles. The molecule has 0 N–H and O–H groups in total. The van der Waals surface area contributed by atoms with Crippen LogP contribution >= 0.6 is 0 Å². The van der Waals surface area contributed by atoms with Crippen molar-refractivity contribution >= 4 is 15.7 Å². The van der Waals surface area contributed by atoms with Gasteiger partial charge in [0, 0.05) is 23.7 Å². The summed E-state index contributed by atoms with van der Waals surface area (Å²) in [5.41, 5.74) is 3.54. The van der Waals surface area contributed by atoms with E-state index in [4.69, 9.17) is 14.0 Å². The number of sulfonamides is 1. The van der Waals surface area contributed by atoms with E-state index in [2.05, 4.69) is 5.16 Å². The molecule has 0 atom stereocenters. The number of fused-ring (bicyclic) bond motifs is 3. The number of aryl methyl sites for hydroxylation is 1. The van der Waals surface area contributed by atoms with Crippen LogP contribution in [0, 0.1) is 6.92 Å². The van der Waals surface area contributed by atoms with Gasteiger partial charge >= 0.3 is 0 Å². The lowest BCUT2D eigenvalue weighted by Crippen LogP contribution is -2.32. The van der Waals surface area contributed by atoms with Gasteiger partial charge in [0.1, 0.15) is 12.0 Å². The first kappa shape index (κ1) is 18.4. The lowest BCUT2D eigenvalue weighted by atomic mass is 10.1. The first-order valence-electron chi connectivity index (χ1n) is 8.74. The van der Waals surface area contributed by atoms with Gasteiger partial charge in [0.25, 0.3) is 10.0 Å². The first-order valence-corrected chi connectivity index (χ1v) is 10.2. The molecule has 4 rings (SSSR count). The predicted molar refractivity (Wildman–Crippen MR) is 104 cm³/mol. The zero-order valence-electron chi connectivity index (χ0n) is 15.8. The van der Waals surface area contributed by atoms with Gasteiger partial charge in [-0.1, -0.05) is 22.9 Å². The molecule has 1 aliphatic heterocycles. The second-order valence-corrected chi connectivity index (χ2v) is 8.42. The van der Waals surface area contributed by atoms with Crippen LogP contribution in [0.4, 0.5) is 5.69 Å². The molecule has 28 heavy (non-hydrogen) atoms. The monoisotopic (exact) mass is 400 g/mol. The van der Waals surface area contributed by atoms with E-state index in [9.17, 15) is 8.42 Å². The topological polar surface area (TPSA) is 81.9 Å². The third-order valence-electron chi connectivity index (χ3n) is 4.86. The lowest BCUT2D eigenvalue weighted by molar-refractivity contribution is 0.355. The minimum Gasteiger partial charge on any atom is -0.493 e. The smallest absolute Gasteiger partial charge is 0.264 e. The van der Waals surface area contributed by atoms with Crippen LogP contribution in [-0.4, -0.2) is 34.3 Å². The van der Waals surface area contributed by atoms with Crippen LogP contribution in [0.3, 0.4) is 0 Å². The summed E-state index contributed by atoms with van der Waals surface area (Å²) in [6, 6.07) is 10.2. The Bertz CT molecular complexity index is 1120. The fraction of sp³-hybridized carbons (Fsp3) is 0.250. The molecule has 0 radical (unpaired) electrons. The van der Waals surface area contributed by atoms with E-state index < -0.39 is 10.0 Å². The number of nitrogens with zero attached hydrogens (tertiary/aromatic N) is 2. The minimum absolute atomic E-state index is 0.234. The fourth-order valence-corrected chi connectivity index (χ4v) is 4.83. The molecule has 8 heteroatoms. The van der Waals surface area contributed by atoms with E-state index >= 15 is 0 Å². The van der Waals surface area contributed by atoms with E-state index in [1.807, 2.05) is 6.92 Å². The Hall–Kier alpha value is -3.00. The van der Waals surface area contributed by atoms with Crippen molar-refractivity contribution in [1.82, 2.24) is 5.16 Å². The highest BCUT2D eigenvalue weighted by atomic mass is 32.2. The van der Waals surface area contributed by atoms with E-state index in [1.54, 1.807) is 42.7 Å². The van der Waals surface area contributed by atoms with Crippen molar-refractivity contribution in [2.24, 2.45) is 0 Å². The van der Waals surface area contributed by atoms with Crippen LogP contribution < -0.4 is 13.8 Å². The van der Waals surface area contributed by atoms with Gasteiger partial charge in [-0.05, 0) is 31.5 Å². The molecular formula is C20H20N2O5S. The van der Waals surface area contributed by atoms with Gasteiger partial charge in [-0.15, -0.1) is 0 Å². The molecule has 1 aliphatic rings. The maximum Gasteiger partial charge on any atom is 0.264 e.